The lowest BCUT2D eigenvalue weighted by molar-refractivity contribution is -0.121. The summed E-state index contributed by atoms with van der Waals surface area (Å²) in [6, 6.07) is 7.63. The third kappa shape index (κ3) is 2.96. The van der Waals surface area contributed by atoms with Gasteiger partial charge in [0.25, 0.3) is 0 Å². The Labute approximate surface area is 131 Å². The Bertz CT molecular complexity index is 662. The first kappa shape index (κ1) is 14.2. The molecule has 0 aliphatic carbocycles. The summed E-state index contributed by atoms with van der Waals surface area (Å²) in [7, 11) is 0. The summed E-state index contributed by atoms with van der Waals surface area (Å²) in [5, 5.41) is 2.75. The third-order valence-electron chi connectivity index (χ3n) is 3.68. The van der Waals surface area contributed by atoms with Gasteiger partial charge in [-0.25, -0.2) is 9.97 Å². The molecule has 2 heterocycles. The predicted molar refractivity (Wildman–Crippen MR) is 83.5 cm³/mol. The molecular formula is C15H15BrN4O. The Morgan fingerprint density at radius 1 is 1.29 bits per heavy atom. The molecule has 2 aromatic rings. The number of amides is 1. The van der Waals surface area contributed by atoms with Crippen LogP contribution in [0.1, 0.15) is 18.1 Å². The quantitative estimate of drug-likeness (QED) is 0.927. The number of nitrogens with one attached hydrogen (secondary N) is 1. The van der Waals surface area contributed by atoms with Crippen LogP contribution >= 0.6 is 15.9 Å². The Morgan fingerprint density at radius 2 is 2.05 bits per heavy atom. The molecule has 0 bridgehead atoms. The zero-order valence-corrected chi connectivity index (χ0v) is 13.2. The van der Waals surface area contributed by atoms with Gasteiger partial charge < -0.3 is 0 Å². The van der Waals surface area contributed by atoms with Crippen molar-refractivity contribution >= 4 is 27.8 Å². The van der Waals surface area contributed by atoms with E-state index in [2.05, 4.69) is 42.2 Å². The van der Waals surface area contributed by atoms with E-state index in [1.54, 1.807) is 18.5 Å². The lowest BCUT2D eigenvalue weighted by Gasteiger charge is -2.22. The van der Waals surface area contributed by atoms with Crippen LogP contribution in [0.3, 0.4) is 0 Å². The molecule has 108 valence electrons. The van der Waals surface area contributed by atoms with Crippen LogP contribution in [0.15, 0.2) is 41.1 Å². The largest absolute Gasteiger partial charge is 0.293 e. The fraction of sp³-hybridized carbons (Fsp3) is 0.267. The summed E-state index contributed by atoms with van der Waals surface area (Å²) < 4.78 is 1.10. The van der Waals surface area contributed by atoms with Gasteiger partial charge in [-0.15, -0.1) is 0 Å². The molecule has 1 aromatic carbocycles. The number of hydrogen-bond donors (Lipinski definition) is 1. The summed E-state index contributed by atoms with van der Waals surface area (Å²) in [6.07, 6.45) is 3.21. The van der Waals surface area contributed by atoms with E-state index < -0.39 is 0 Å². The first-order valence-electron chi connectivity index (χ1n) is 6.73. The van der Waals surface area contributed by atoms with Gasteiger partial charge in [-0.1, -0.05) is 28.1 Å². The van der Waals surface area contributed by atoms with Gasteiger partial charge in [-0.3, -0.25) is 15.0 Å². The zero-order valence-electron chi connectivity index (χ0n) is 11.6. The van der Waals surface area contributed by atoms with Crippen molar-refractivity contribution in [2.24, 2.45) is 0 Å². The Hall–Kier alpha value is -1.79. The number of hydrogen-bond acceptors (Lipinski definition) is 4. The van der Waals surface area contributed by atoms with E-state index in [9.17, 15) is 4.79 Å². The molecule has 6 heteroatoms. The van der Waals surface area contributed by atoms with Gasteiger partial charge in [0.1, 0.15) is 0 Å². The van der Waals surface area contributed by atoms with Crippen LogP contribution in [0.25, 0.3) is 0 Å². The highest BCUT2D eigenvalue weighted by atomic mass is 79.9. The first-order valence-corrected chi connectivity index (χ1v) is 7.52. The number of carbonyl (C=O) groups excluding carboxylic acids is 1. The smallest absolute Gasteiger partial charge is 0.243 e. The molecule has 5 nitrogen and oxygen atoms in total. The third-order valence-corrected chi connectivity index (χ3v) is 4.42. The van der Waals surface area contributed by atoms with Gasteiger partial charge in [-0.2, -0.15) is 0 Å². The van der Waals surface area contributed by atoms with Gasteiger partial charge in [0.2, 0.25) is 11.9 Å². The second kappa shape index (κ2) is 5.91. The molecule has 1 aromatic heterocycles. The zero-order chi connectivity index (χ0) is 14.8. The molecular weight excluding hydrogens is 332 g/mol. The number of fused-ring (bicyclic) bond motifs is 1. The SMILES string of the molecule is C[C@@H](C(=O)Nc1ncccn1)N1Cc2cccc(Br)c2C1. The molecule has 1 aliphatic heterocycles. The number of nitrogens with zero attached hydrogens (tertiary/aromatic N) is 3. The van der Waals surface area contributed by atoms with E-state index in [-0.39, 0.29) is 11.9 Å². The second-order valence-corrected chi connectivity index (χ2v) is 5.87. The van der Waals surface area contributed by atoms with Crippen LogP contribution in [0, 0.1) is 0 Å². The summed E-state index contributed by atoms with van der Waals surface area (Å²) in [5.41, 5.74) is 2.52. The van der Waals surface area contributed by atoms with Crippen LogP contribution in [0.5, 0.6) is 0 Å². The van der Waals surface area contributed by atoms with E-state index >= 15 is 0 Å². The molecule has 3 rings (SSSR count). The number of rotatable bonds is 3. The summed E-state index contributed by atoms with van der Waals surface area (Å²) in [6.45, 7) is 3.44. The molecule has 0 unspecified atom stereocenters. The Morgan fingerprint density at radius 3 is 2.76 bits per heavy atom. The number of halogens is 1. The molecule has 21 heavy (non-hydrogen) atoms. The van der Waals surface area contributed by atoms with Crippen molar-refractivity contribution in [1.82, 2.24) is 14.9 Å². The molecule has 0 fully saturated rings. The Balaban J connectivity index is 1.69. The van der Waals surface area contributed by atoms with Crippen LogP contribution < -0.4 is 5.32 Å². The average molecular weight is 347 g/mol. The van der Waals surface area contributed by atoms with Crippen molar-refractivity contribution in [2.45, 2.75) is 26.1 Å². The van der Waals surface area contributed by atoms with E-state index in [1.165, 1.54) is 11.1 Å². The summed E-state index contributed by atoms with van der Waals surface area (Å²) >= 11 is 3.57. The number of carbonyl (C=O) groups is 1. The van der Waals surface area contributed by atoms with E-state index in [0.717, 1.165) is 17.6 Å². The van der Waals surface area contributed by atoms with Gasteiger partial charge in [0.05, 0.1) is 6.04 Å². The minimum Gasteiger partial charge on any atom is -0.293 e. The number of anilines is 1. The van der Waals surface area contributed by atoms with Crippen molar-refractivity contribution in [3.8, 4) is 0 Å². The standard InChI is InChI=1S/C15H15BrN4O/c1-10(14(21)19-15-17-6-3-7-18-15)20-8-11-4-2-5-13(16)12(11)9-20/h2-7,10H,8-9H2,1H3,(H,17,18,19,21)/t10-/m0/s1. The highest BCUT2D eigenvalue weighted by Crippen LogP contribution is 2.30. The molecule has 1 atom stereocenters. The van der Waals surface area contributed by atoms with E-state index in [0.29, 0.717) is 5.95 Å². The maximum atomic E-state index is 12.3. The molecule has 0 saturated carbocycles. The van der Waals surface area contributed by atoms with Crippen LogP contribution in [-0.4, -0.2) is 26.8 Å². The van der Waals surface area contributed by atoms with Crippen molar-refractivity contribution in [1.29, 1.82) is 0 Å². The second-order valence-electron chi connectivity index (χ2n) is 5.02. The van der Waals surface area contributed by atoms with Crippen molar-refractivity contribution in [3.05, 3.63) is 52.3 Å². The molecule has 0 spiro atoms. The van der Waals surface area contributed by atoms with Crippen molar-refractivity contribution in [3.63, 3.8) is 0 Å². The van der Waals surface area contributed by atoms with Crippen LogP contribution in [-0.2, 0) is 17.9 Å². The molecule has 1 aliphatic rings. The highest BCUT2D eigenvalue weighted by molar-refractivity contribution is 9.10. The predicted octanol–water partition coefficient (Wildman–Crippen LogP) is 2.58. The Kier molecular flexibility index (Phi) is 3.98. The lowest BCUT2D eigenvalue weighted by Crippen LogP contribution is -2.39. The molecule has 0 saturated heterocycles. The topological polar surface area (TPSA) is 58.1 Å². The van der Waals surface area contributed by atoms with Gasteiger partial charge in [0, 0.05) is 30.0 Å². The van der Waals surface area contributed by atoms with Crippen molar-refractivity contribution < 1.29 is 4.79 Å². The molecule has 1 amide bonds. The van der Waals surface area contributed by atoms with Gasteiger partial charge >= 0.3 is 0 Å². The fourth-order valence-corrected chi connectivity index (χ4v) is 2.96. The fourth-order valence-electron chi connectivity index (χ4n) is 2.42. The van der Waals surface area contributed by atoms with Gasteiger partial charge in [0.15, 0.2) is 0 Å². The maximum Gasteiger partial charge on any atom is 0.243 e. The summed E-state index contributed by atoms with van der Waals surface area (Å²) in [5.74, 6) is 0.248. The number of benzene rings is 1. The van der Waals surface area contributed by atoms with Crippen LogP contribution in [0.2, 0.25) is 0 Å². The summed E-state index contributed by atoms with van der Waals surface area (Å²) in [4.78, 5) is 22.4. The van der Waals surface area contributed by atoms with Crippen molar-refractivity contribution in [2.75, 3.05) is 5.32 Å². The highest BCUT2D eigenvalue weighted by Gasteiger charge is 2.28. The normalized spacial score (nSPS) is 15.5. The number of aromatic nitrogens is 2. The van der Waals surface area contributed by atoms with E-state index in [1.807, 2.05) is 19.1 Å². The minimum atomic E-state index is -0.242. The maximum absolute atomic E-state index is 12.3. The minimum absolute atomic E-state index is 0.0925. The van der Waals surface area contributed by atoms with Crippen LogP contribution in [0.4, 0.5) is 5.95 Å². The van der Waals surface area contributed by atoms with E-state index in [4.69, 9.17) is 0 Å². The van der Waals surface area contributed by atoms with Gasteiger partial charge in [-0.05, 0) is 30.2 Å². The average Bonchev–Trinajstić information content (AvgIpc) is 2.93. The monoisotopic (exact) mass is 346 g/mol. The molecule has 0 radical (unpaired) electrons. The lowest BCUT2D eigenvalue weighted by atomic mass is 10.1. The first-order chi connectivity index (χ1) is 10.1. The molecule has 1 N–H and O–H groups in total.